The minimum atomic E-state index is 0.292. The molecule has 10 heteroatoms. The average Bonchev–Trinajstić information content (AvgIpc) is 2.95. The van der Waals surface area contributed by atoms with Crippen molar-refractivity contribution in [2.75, 3.05) is 10.7 Å². The smallest absolute Gasteiger partial charge is 0.239 e. The van der Waals surface area contributed by atoms with E-state index in [1.165, 1.54) is 0 Å². The molecule has 1 aromatic heterocycles. The summed E-state index contributed by atoms with van der Waals surface area (Å²) in [6.45, 7) is 1.86. The van der Waals surface area contributed by atoms with Crippen molar-refractivity contribution in [1.82, 2.24) is 9.97 Å². The highest BCUT2D eigenvalue weighted by molar-refractivity contribution is 7.58. The molecule has 7 nitrogen and oxygen atoms in total. The van der Waals surface area contributed by atoms with Crippen molar-refractivity contribution in [1.29, 1.82) is 0 Å². The lowest BCUT2D eigenvalue weighted by Crippen LogP contribution is -2.11. The SMILES string of the molecule is Cc1cnc(NN)nc1Nc1c(Cl)cc(Cl)c2c1N=S=N2. The van der Waals surface area contributed by atoms with Gasteiger partial charge in [0.15, 0.2) is 0 Å². The molecule has 0 fully saturated rings. The molecule has 2 heterocycles. The zero-order valence-corrected chi connectivity index (χ0v) is 13.0. The summed E-state index contributed by atoms with van der Waals surface area (Å²) in [5, 5.41) is 4.03. The van der Waals surface area contributed by atoms with E-state index in [2.05, 4.69) is 29.4 Å². The Morgan fingerprint density at radius 2 is 1.95 bits per heavy atom. The van der Waals surface area contributed by atoms with Gasteiger partial charge in [-0.25, -0.2) is 10.8 Å². The van der Waals surface area contributed by atoms with E-state index < -0.39 is 0 Å². The molecule has 4 N–H and O–H groups in total. The number of aryl methyl sites for hydroxylation is 1. The predicted molar refractivity (Wildman–Crippen MR) is 85.9 cm³/mol. The number of nitrogens with one attached hydrogen (secondary N) is 2. The van der Waals surface area contributed by atoms with Crippen LogP contribution in [-0.4, -0.2) is 9.97 Å². The molecule has 1 aliphatic heterocycles. The summed E-state index contributed by atoms with van der Waals surface area (Å²) in [5.41, 5.74) is 5.01. The maximum atomic E-state index is 6.25. The van der Waals surface area contributed by atoms with E-state index in [4.69, 9.17) is 29.0 Å². The molecule has 0 spiro atoms. The fourth-order valence-electron chi connectivity index (χ4n) is 1.75. The van der Waals surface area contributed by atoms with Crippen LogP contribution in [0.5, 0.6) is 0 Å². The van der Waals surface area contributed by atoms with E-state index in [1.54, 1.807) is 12.3 Å². The van der Waals surface area contributed by atoms with Gasteiger partial charge in [-0.2, -0.15) is 13.7 Å². The van der Waals surface area contributed by atoms with Gasteiger partial charge in [0, 0.05) is 11.8 Å². The van der Waals surface area contributed by atoms with Crippen molar-refractivity contribution in [3.63, 3.8) is 0 Å². The second-order valence-corrected chi connectivity index (χ2v) is 5.51. The third-order valence-corrected chi connectivity index (χ3v) is 3.90. The van der Waals surface area contributed by atoms with E-state index in [0.29, 0.717) is 38.9 Å². The summed E-state index contributed by atoms with van der Waals surface area (Å²) in [6, 6.07) is 1.62. The van der Waals surface area contributed by atoms with Gasteiger partial charge < -0.3 is 5.32 Å². The van der Waals surface area contributed by atoms with Gasteiger partial charge in [-0.15, -0.1) is 0 Å². The highest BCUT2D eigenvalue weighted by Crippen LogP contribution is 2.48. The number of nitrogens with two attached hydrogens (primary N) is 1. The molecule has 21 heavy (non-hydrogen) atoms. The molecule has 2 aromatic rings. The Hall–Kier alpha value is -1.74. The molecule has 3 rings (SSSR count). The Labute approximate surface area is 133 Å². The number of hydrogen-bond donors (Lipinski definition) is 3. The number of benzene rings is 1. The first-order valence-electron chi connectivity index (χ1n) is 5.77. The Morgan fingerprint density at radius 1 is 1.19 bits per heavy atom. The number of rotatable bonds is 3. The van der Waals surface area contributed by atoms with Gasteiger partial charge in [0.25, 0.3) is 0 Å². The van der Waals surface area contributed by atoms with Gasteiger partial charge >= 0.3 is 0 Å². The third-order valence-electron chi connectivity index (χ3n) is 2.79. The van der Waals surface area contributed by atoms with Crippen LogP contribution in [0.25, 0.3) is 0 Å². The highest BCUT2D eigenvalue weighted by Gasteiger charge is 2.19. The molecule has 108 valence electrons. The van der Waals surface area contributed by atoms with Crippen LogP contribution < -0.4 is 16.6 Å². The summed E-state index contributed by atoms with van der Waals surface area (Å²) in [7, 11) is 0. The van der Waals surface area contributed by atoms with Gasteiger partial charge in [0.2, 0.25) is 5.95 Å². The molecule has 1 aliphatic rings. The molecule has 0 atom stereocenters. The maximum absolute atomic E-state index is 6.25. The number of aromatic nitrogens is 2. The molecular weight excluding hydrogens is 333 g/mol. The molecule has 0 aliphatic carbocycles. The maximum Gasteiger partial charge on any atom is 0.239 e. The highest BCUT2D eigenvalue weighted by atomic mass is 35.5. The summed E-state index contributed by atoms with van der Waals surface area (Å²) in [6.07, 6.45) is 1.64. The van der Waals surface area contributed by atoms with Gasteiger partial charge in [-0.3, -0.25) is 5.43 Å². The molecular formula is C11H9Cl2N7S. The normalized spacial score (nSPS) is 12.0. The van der Waals surface area contributed by atoms with E-state index >= 15 is 0 Å². The van der Waals surface area contributed by atoms with E-state index in [0.717, 1.165) is 16.9 Å². The Bertz CT molecular complexity index is 802. The molecule has 0 bridgehead atoms. The zero-order valence-electron chi connectivity index (χ0n) is 10.7. The minimum absolute atomic E-state index is 0.292. The van der Waals surface area contributed by atoms with Crippen LogP contribution >= 0.6 is 23.2 Å². The summed E-state index contributed by atoms with van der Waals surface area (Å²) >= 11 is 13.4. The molecule has 1 aromatic carbocycles. The fraction of sp³-hybridized carbons (Fsp3) is 0.0909. The summed E-state index contributed by atoms with van der Waals surface area (Å²) < 4.78 is 8.38. The standard InChI is InChI=1S/C11H9Cl2N7S/c1-4-3-15-11(18-14)17-10(4)16-7-5(12)2-6(13)8-9(7)20-21-19-8/h2-3H,14H2,1H3,(H2,15,16,17,18). The van der Waals surface area contributed by atoms with Gasteiger partial charge in [0.05, 0.1) is 27.1 Å². The molecule has 0 saturated carbocycles. The summed E-state index contributed by atoms with van der Waals surface area (Å²) in [5.74, 6) is 6.18. The predicted octanol–water partition coefficient (Wildman–Crippen LogP) is 3.85. The van der Waals surface area contributed by atoms with Crippen molar-refractivity contribution in [3.8, 4) is 0 Å². The van der Waals surface area contributed by atoms with E-state index in [1.807, 2.05) is 6.92 Å². The quantitative estimate of drug-likeness (QED) is 0.496. The Balaban J connectivity index is 2.08. The lowest BCUT2D eigenvalue weighted by atomic mass is 10.2. The Morgan fingerprint density at radius 3 is 2.71 bits per heavy atom. The van der Waals surface area contributed by atoms with Crippen LogP contribution in [0.15, 0.2) is 21.0 Å². The Kier molecular flexibility index (Phi) is 3.77. The number of nitrogens with zero attached hydrogens (tertiary/aromatic N) is 4. The second-order valence-electron chi connectivity index (χ2n) is 4.17. The third kappa shape index (κ3) is 2.58. The van der Waals surface area contributed by atoms with Gasteiger partial charge in [-0.05, 0) is 13.0 Å². The number of nitrogen functional groups attached to an aromatic ring is 1. The first-order chi connectivity index (χ1) is 10.1. The van der Waals surface area contributed by atoms with Crippen molar-refractivity contribution in [3.05, 3.63) is 27.9 Å². The van der Waals surface area contributed by atoms with Gasteiger partial charge in [0.1, 0.15) is 17.2 Å². The topological polar surface area (TPSA) is 101 Å². The average molecular weight is 342 g/mol. The van der Waals surface area contributed by atoms with Crippen molar-refractivity contribution < 1.29 is 0 Å². The lowest BCUT2D eigenvalue weighted by molar-refractivity contribution is 1.09. The van der Waals surface area contributed by atoms with Crippen molar-refractivity contribution >= 4 is 63.4 Å². The zero-order chi connectivity index (χ0) is 15.0. The minimum Gasteiger partial charge on any atom is -0.337 e. The first kappa shape index (κ1) is 14.2. The van der Waals surface area contributed by atoms with Crippen LogP contribution in [0.3, 0.4) is 0 Å². The second kappa shape index (κ2) is 5.57. The van der Waals surface area contributed by atoms with Crippen LogP contribution in [0.1, 0.15) is 5.56 Å². The number of fused-ring (bicyclic) bond motifs is 1. The largest absolute Gasteiger partial charge is 0.337 e. The van der Waals surface area contributed by atoms with Gasteiger partial charge in [-0.1, -0.05) is 23.2 Å². The summed E-state index contributed by atoms with van der Waals surface area (Å²) in [4.78, 5) is 8.27. The van der Waals surface area contributed by atoms with Crippen LogP contribution in [0.4, 0.5) is 28.8 Å². The van der Waals surface area contributed by atoms with E-state index in [-0.39, 0.29) is 0 Å². The molecule has 0 amide bonds. The van der Waals surface area contributed by atoms with Crippen LogP contribution in [0, 0.1) is 6.92 Å². The fourth-order valence-corrected chi connectivity index (χ4v) is 2.91. The van der Waals surface area contributed by atoms with E-state index in [9.17, 15) is 0 Å². The molecule has 0 unspecified atom stereocenters. The van der Waals surface area contributed by atoms with Crippen molar-refractivity contribution in [2.24, 2.45) is 14.6 Å². The van der Waals surface area contributed by atoms with Crippen molar-refractivity contribution in [2.45, 2.75) is 6.92 Å². The lowest BCUT2D eigenvalue weighted by Gasteiger charge is -2.13. The van der Waals surface area contributed by atoms with Crippen LogP contribution in [-0.2, 0) is 11.4 Å². The van der Waals surface area contributed by atoms with Crippen LogP contribution in [0.2, 0.25) is 10.0 Å². The number of halogens is 2. The molecule has 0 radical (unpaired) electrons. The number of hydrazine groups is 1. The number of anilines is 3. The number of hydrogen-bond acceptors (Lipinski definition) is 7. The first-order valence-corrected chi connectivity index (χ1v) is 7.26. The monoisotopic (exact) mass is 341 g/mol. The molecule has 0 saturated heterocycles.